The zero-order chi connectivity index (χ0) is 17.0. The molecule has 1 heterocycles. The van der Waals surface area contributed by atoms with Gasteiger partial charge in [0.2, 0.25) is 0 Å². The zero-order valence-corrected chi connectivity index (χ0v) is 17.2. The Morgan fingerprint density at radius 2 is 1.71 bits per heavy atom. The van der Waals surface area contributed by atoms with Crippen molar-refractivity contribution in [1.29, 1.82) is 0 Å². The second-order valence-corrected chi connectivity index (χ2v) is 6.51. The van der Waals surface area contributed by atoms with Crippen molar-refractivity contribution >= 4 is 5.97 Å². The van der Waals surface area contributed by atoms with Crippen LogP contribution in [0, 0.1) is 26.7 Å². The van der Waals surface area contributed by atoms with Crippen LogP contribution in [-0.4, -0.2) is 5.97 Å². The van der Waals surface area contributed by atoms with Gasteiger partial charge in [0.1, 0.15) is 6.61 Å². The SMILES string of the molecule is Cc1[nH+]c(C(=O)OCc2ccccc2)c(C)c(CC(C)C)c1C.[I-]. The molecule has 1 aromatic carbocycles. The fourth-order valence-corrected chi connectivity index (χ4v) is 2.75. The third-order valence-electron chi connectivity index (χ3n) is 4.18. The summed E-state index contributed by atoms with van der Waals surface area (Å²) < 4.78 is 5.48. The van der Waals surface area contributed by atoms with Crippen LogP contribution in [0.3, 0.4) is 0 Å². The van der Waals surface area contributed by atoms with Gasteiger partial charge in [-0.1, -0.05) is 44.2 Å². The van der Waals surface area contributed by atoms with Crippen LogP contribution in [0.4, 0.5) is 0 Å². The standard InChI is InChI=1S/C20H25NO2.HI/c1-13(2)11-18-14(3)16(5)21-19(15(18)4)20(22)23-12-17-9-7-6-8-10-17;/h6-10,13H,11-12H2,1-5H3;1H. The largest absolute Gasteiger partial charge is 1.00 e. The Balaban J connectivity index is 0.00000288. The number of hydrogen-bond donors (Lipinski definition) is 0. The summed E-state index contributed by atoms with van der Waals surface area (Å²) in [6.45, 7) is 10.8. The number of aryl methyl sites for hydroxylation is 1. The van der Waals surface area contributed by atoms with Crippen LogP contribution in [0.2, 0.25) is 0 Å². The van der Waals surface area contributed by atoms with E-state index in [1.807, 2.05) is 44.2 Å². The lowest BCUT2D eigenvalue weighted by atomic mass is 9.93. The Bertz CT molecular complexity index is 697. The van der Waals surface area contributed by atoms with E-state index in [9.17, 15) is 4.79 Å². The molecule has 0 aliphatic carbocycles. The molecule has 0 bridgehead atoms. The molecular formula is C20H26INO2. The number of esters is 1. The van der Waals surface area contributed by atoms with Crippen LogP contribution in [-0.2, 0) is 17.8 Å². The lowest BCUT2D eigenvalue weighted by Crippen LogP contribution is -3.00. The van der Waals surface area contributed by atoms with Gasteiger partial charge in [0.05, 0.1) is 0 Å². The van der Waals surface area contributed by atoms with E-state index >= 15 is 0 Å². The van der Waals surface area contributed by atoms with Crippen LogP contribution >= 0.6 is 0 Å². The summed E-state index contributed by atoms with van der Waals surface area (Å²) in [5.41, 5.74) is 6.07. The van der Waals surface area contributed by atoms with Crippen molar-refractivity contribution in [2.45, 2.75) is 47.6 Å². The van der Waals surface area contributed by atoms with Gasteiger partial charge in [0.25, 0.3) is 5.69 Å². The summed E-state index contributed by atoms with van der Waals surface area (Å²) in [5.74, 6) is 0.252. The Kier molecular flexibility index (Phi) is 7.87. The summed E-state index contributed by atoms with van der Waals surface area (Å²) in [5, 5.41) is 0. The number of nitrogens with one attached hydrogen (secondary N) is 1. The third-order valence-corrected chi connectivity index (χ3v) is 4.18. The van der Waals surface area contributed by atoms with E-state index in [-0.39, 0.29) is 29.9 Å². The normalized spacial score (nSPS) is 10.4. The van der Waals surface area contributed by atoms with Gasteiger partial charge in [-0.25, -0.2) is 9.78 Å². The van der Waals surface area contributed by atoms with Gasteiger partial charge in [-0.15, -0.1) is 0 Å². The first-order chi connectivity index (χ1) is 10.9. The second-order valence-electron chi connectivity index (χ2n) is 6.51. The van der Waals surface area contributed by atoms with E-state index in [1.165, 1.54) is 11.1 Å². The highest BCUT2D eigenvalue weighted by molar-refractivity contribution is 5.87. The van der Waals surface area contributed by atoms with Crippen LogP contribution in [0.25, 0.3) is 0 Å². The highest BCUT2D eigenvalue weighted by Gasteiger charge is 2.25. The molecule has 0 unspecified atom stereocenters. The maximum atomic E-state index is 12.5. The van der Waals surface area contributed by atoms with E-state index < -0.39 is 0 Å². The van der Waals surface area contributed by atoms with Crippen LogP contribution in [0.5, 0.6) is 0 Å². The first-order valence-electron chi connectivity index (χ1n) is 8.13. The number of aromatic nitrogens is 1. The Hall–Kier alpha value is -1.43. The molecule has 24 heavy (non-hydrogen) atoms. The van der Waals surface area contributed by atoms with Crippen molar-refractivity contribution in [3.63, 3.8) is 0 Å². The number of benzene rings is 1. The second kappa shape index (κ2) is 9.16. The van der Waals surface area contributed by atoms with E-state index in [1.54, 1.807) is 0 Å². The number of rotatable bonds is 5. The smallest absolute Gasteiger partial charge is 0.404 e. The van der Waals surface area contributed by atoms with Gasteiger partial charge in [-0.05, 0) is 37.3 Å². The molecular weight excluding hydrogens is 413 g/mol. The monoisotopic (exact) mass is 439 g/mol. The molecule has 0 saturated carbocycles. The van der Waals surface area contributed by atoms with Crippen molar-refractivity contribution in [1.82, 2.24) is 0 Å². The van der Waals surface area contributed by atoms with Gasteiger partial charge in [0.15, 0.2) is 5.69 Å². The van der Waals surface area contributed by atoms with Gasteiger partial charge < -0.3 is 28.7 Å². The minimum atomic E-state index is -0.292. The molecule has 0 saturated heterocycles. The van der Waals surface area contributed by atoms with Crippen molar-refractivity contribution in [2.75, 3.05) is 0 Å². The lowest BCUT2D eigenvalue weighted by Gasteiger charge is -2.13. The maximum absolute atomic E-state index is 12.5. The van der Waals surface area contributed by atoms with Gasteiger partial charge in [-0.3, -0.25) is 0 Å². The van der Waals surface area contributed by atoms with Gasteiger partial charge in [0, 0.05) is 18.1 Å². The number of H-pyrrole nitrogens is 1. The van der Waals surface area contributed by atoms with Crippen molar-refractivity contribution < 1.29 is 38.5 Å². The first-order valence-corrected chi connectivity index (χ1v) is 8.13. The van der Waals surface area contributed by atoms with Crippen molar-refractivity contribution in [2.24, 2.45) is 5.92 Å². The first kappa shape index (κ1) is 20.6. The molecule has 0 aliphatic rings. The summed E-state index contributed by atoms with van der Waals surface area (Å²) in [6.07, 6.45) is 0.964. The molecule has 0 fully saturated rings. The van der Waals surface area contributed by atoms with Crippen molar-refractivity contribution in [3.05, 3.63) is 64.0 Å². The van der Waals surface area contributed by atoms with E-state index in [4.69, 9.17) is 4.74 Å². The summed E-state index contributed by atoms with van der Waals surface area (Å²) in [7, 11) is 0. The van der Waals surface area contributed by atoms with Crippen LogP contribution in [0.1, 0.15) is 52.3 Å². The number of halogens is 1. The quantitative estimate of drug-likeness (QED) is 0.515. The molecule has 1 aromatic heterocycles. The van der Waals surface area contributed by atoms with Crippen LogP contribution < -0.4 is 29.0 Å². The van der Waals surface area contributed by atoms with E-state index in [0.29, 0.717) is 18.2 Å². The summed E-state index contributed by atoms with van der Waals surface area (Å²) in [6, 6.07) is 9.74. The number of carbonyl (C=O) groups is 1. The minimum Gasteiger partial charge on any atom is -1.00 e. The molecule has 2 aromatic rings. The topological polar surface area (TPSA) is 40.4 Å². The Morgan fingerprint density at radius 1 is 1.08 bits per heavy atom. The third kappa shape index (κ3) is 5.03. The maximum Gasteiger partial charge on any atom is 0.404 e. The summed E-state index contributed by atoms with van der Waals surface area (Å²) >= 11 is 0. The molecule has 0 amide bonds. The number of pyridine rings is 1. The average Bonchev–Trinajstić information content (AvgIpc) is 2.53. The molecule has 0 radical (unpaired) electrons. The zero-order valence-electron chi connectivity index (χ0n) is 15.1. The Labute approximate surface area is 161 Å². The molecule has 0 atom stereocenters. The summed E-state index contributed by atoms with van der Waals surface area (Å²) in [4.78, 5) is 15.7. The fraction of sp³-hybridized carbons (Fsp3) is 0.400. The minimum absolute atomic E-state index is 0. The Morgan fingerprint density at radius 3 is 2.29 bits per heavy atom. The number of aromatic amines is 1. The average molecular weight is 439 g/mol. The molecule has 2 rings (SSSR count). The molecule has 1 N–H and O–H groups in total. The van der Waals surface area contributed by atoms with Crippen LogP contribution in [0.15, 0.2) is 30.3 Å². The number of hydrogen-bond acceptors (Lipinski definition) is 2. The van der Waals surface area contributed by atoms with E-state index in [0.717, 1.165) is 23.2 Å². The van der Waals surface area contributed by atoms with Crippen molar-refractivity contribution in [3.8, 4) is 0 Å². The lowest BCUT2D eigenvalue weighted by molar-refractivity contribution is -0.394. The number of ether oxygens (including phenoxy) is 1. The van der Waals surface area contributed by atoms with Gasteiger partial charge in [-0.2, -0.15) is 0 Å². The fourth-order valence-electron chi connectivity index (χ4n) is 2.75. The molecule has 4 heteroatoms. The molecule has 0 aliphatic heterocycles. The van der Waals surface area contributed by atoms with E-state index in [2.05, 4.69) is 25.8 Å². The highest BCUT2D eigenvalue weighted by atomic mass is 127. The molecule has 3 nitrogen and oxygen atoms in total. The molecule has 130 valence electrons. The number of carbonyl (C=O) groups excluding carboxylic acids is 1. The highest BCUT2D eigenvalue weighted by Crippen LogP contribution is 2.21. The molecule has 0 spiro atoms. The predicted molar refractivity (Wildman–Crippen MR) is 91.3 cm³/mol. The van der Waals surface area contributed by atoms with Gasteiger partial charge >= 0.3 is 5.97 Å². The predicted octanol–water partition coefficient (Wildman–Crippen LogP) is 0.985.